The van der Waals surface area contributed by atoms with Gasteiger partial charge in [0.2, 0.25) is 0 Å². The summed E-state index contributed by atoms with van der Waals surface area (Å²) in [7, 11) is 0. The third-order valence-corrected chi connectivity index (χ3v) is 2.44. The zero-order valence-corrected chi connectivity index (χ0v) is 8.86. The Kier molecular flexibility index (Phi) is 2.17. The number of nitriles is 1. The summed E-state index contributed by atoms with van der Waals surface area (Å²) in [6, 6.07) is 3.96. The van der Waals surface area contributed by atoms with Crippen LogP contribution in [-0.2, 0) is 0 Å². The highest BCUT2D eigenvalue weighted by atomic mass is 14.7. The minimum absolute atomic E-state index is 0.0491. The lowest BCUT2D eigenvalue weighted by Crippen LogP contribution is -1.99. The number of nitrogens with zero attached hydrogens (tertiary/aromatic N) is 2. The van der Waals surface area contributed by atoms with Crippen molar-refractivity contribution in [3.05, 3.63) is 41.2 Å². The van der Waals surface area contributed by atoms with E-state index in [1.807, 2.05) is 18.2 Å². The van der Waals surface area contributed by atoms with Crippen molar-refractivity contribution >= 4 is 12.2 Å². The van der Waals surface area contributed by atoms with Gasteiger partial charge in [0.15, 0.2) is 0 Å². The van der Waals surface area contributed by atoms with Crippen LogP contribution in [0, 0.1) is 16.7 Å². The van der Waals surface area contributed by atoms with Gasteiger partial charge in [0.05, 0.1) is 11.3 Å². The fourth-order valence-corrected chi connectivity index (χ4v) is 1.48. The third kappa shape index (κ3) is 1.97. The summed E-state index contributed by atoms with van der Waals surface area (Å²) >= 11 is 0. The lowest BCUT2D eigenvalue weighted by atomic mass is 9.93. The number of allylic oxidation sites excluding steroid dienone is 2. The van der Waals surface area contributed by atoms with Crippen LogP contribution in [0.15, 0.2) is 24.4 Å². The molecule has 0 radical (unpaired) electrons. The first-order valence-corrected chi connectivity index (χ1v) is 4.89. The highest BCUT2D eigenvalue weighted by molar-refractivity contribution is 5.67. The van der Waals surface area contributed by atoms with Crippen molar-refractivity contribution in [2.45, 2.75) is 13.8 Å². The fourth-order valence-electron chi connectivity index (χ4n) is 1.48. The molecule has 0 fully saturated rings. The van der Waals surface area contributed by atoms with Crippen LogP contribution >= 0.6 is 0 Å². The minimum Gasteiger partial charge on any atom is -0.255 e. The van der Waals surface area contributed by atoms with E-state index in [9.17, 15) is 0 Å². The number of pyridine rings is 1. The number of fused-ring (bicyclic) bond motifs is 1. The van der Waals surface area contributed by atoms with Crippen LogP contribution in [-0.4, -0.2) is 4.98 Å². The summed E-state index contributed by atoms with van der Waals surface area (Å²) in [5.74, 6) is 0. The molecule has 1 aliphatic rings. The van der Waals surface area contributed by atoms with E-state index in [0.29, 0.717) is 5.56 Å². The van der Waals surface area contributed by atoms with E-state index >= 15 is 0 Å². The molecule has 2 heteroatoms. The molecule has 2 rings (SSSR count). The SMILES string of the molecule is CC1(C)C=Cc2cc(C#N)cnc2C=C1. The van der Waals surface area contributed by atoms with Crippen molar-refractivity contribution in [1.29, 1.82) is 5.26 Å². The molecule has 0 saturated heterocycles. The average molecular weight is 196 g/mol. The van der Waals surface area contributed by atoms with E-state index in [1.165, 1.54) is 0 Å². The Morgan fingerprint density at radius 3 is 2.73 bits per heavy atom. The van der Waals surface area contributed by atoms with Crippen molar-refractivity contribution in [3.8, 4) is 6.07 Å². The molecule has 1 aromatic heterocycles. The summed E-state index contributed by atoms with van der Waals surface area (Å²) in [5, 5.41) is 8.78. The van der Waals surface area contributed by atoms with Crippen LogP contribution in [0.3, 0.4) is 0 Å². The maximum Gasteiger partial charge on any atom is 0.101 e. The van der Waals surface area contributed by atoms with E-state index in [2.05, 4.69) is 37.1 Å². The van der Waals surface area contributed by atoms with Crippen molar-refractivity contribution in [2.24, 2.45) is 5.41 Å². The Bertz CT molecular complexity index is 488. The van der Waals surface area contributed by atoms with Crippen LogP contribution in [0.1, 0.15) is 30.7 Å². The van der Waals surface area contributed by atoms with Gasteiger partial charge in [-0.1, -0.05) is 32.1 Å². The predicted octanol–water partition coefficient (Wildman–Crippen LogP) is 3.02. The molecule has 0 spiro atoms. The zero-order valence-electron chi connectivity index (χ0n) is 8.86. The summed E-state index contributed by atoms with van der Waals surface area (Å²) in [5.41, 5.74) is 2.59. The zero-order chi connectivity index (χ0) is 10.9. The maximum atomic E-state index is 8.78. The van der Waals surface area contributed by atoms with Crippen molar-refractivity contribution < 1.29 is 0 Å². The molecule has 1 heterocycles. The van der Waals surface area contributed by atoms with Gasteiger partial charge in [0.25, 0.3) is 0 Å². The van der Waals surface area contributed by atoms with Crippen LogP contribution in [0.25, 0.3) is 12.2 Å². The molecule has 0 bridgehead atoms. The maximum absolute atomic E-state index is 8.78. The molecule has 0 aromatic carbocycles. The van der Waals surface area contributed by atoms with Crippen LogP contribution in [0.2, 0.25) is 0 Å². The second kappa shape index (κ2) is 3.36. The van der Waals surface area contributed by atoms with E-state index < -0.39 is 0 Å². The van der Waals surface area contributed by atoms with E-state index in [4.69, 9.17) is 5.26 Å². The van der Waals surface area contributed by atoms with Gasteiger partial charge in [-0.2, -0.15) is 5.26 Å². The van der Waals surface area contributed by atoms with E-state index in [-0.39, 0.29) is 5.41 Å². The van der Waals surface area contributed by atoms with Crippen LogP contribution in [0.4, 0.5) is 0 Å². The van der Waals surface area contributed by atoms with Crippen LogP contribution in [0.5, 0.6) is 0 Å². The summed E-state index contributed by atoms with van der Waals surface area (Å²) < 4.78 is 0. The number of aromatic nitrogens is 1. The van der Waals surface area contributed by atoms with Crippen LogP contribution < -0.4 is 0 Å². The monoisotopic (exact) mass is 196 g/mol. The highest BCUT2D eigenvalue weighted by Gasteiger charge is 2.13. The van der Waals surface area contributed by atoms with E-state index in [0.717, 1.165) is 11.3 Å². The average Bonchev–Trinajstić information content (AvgIpc) is 2.38. The molecule has 15 heavy (non-hydrogen) atoms. The lowest BCUT2D eigenvalue weighted by molar-refractivity contribution is 0.633. The minimum atomic E-state index is 0.0491. The summed E-state index contributed by atoms with van der Waals surface area (Å²) in [6.07, 6.45) is 9.89. The Morgan fingerprint density at radius 2 is 2.00 bits per heavy atom. The Hall–Kier alpha value is -1.88. The van der Waals surface area contributed by atoms with Gasteiger partial charge in [-0.3, -0.25) is 4.98 Å². The first-order chi connectivity index (χ1) is 7.11. The van der Waals surface area contributed by atoms with Crippen molar-refractivity contribution in [3.63, 3.8) is 0 Å². The second-order valence-electron chi connectivity index (χ2n) is 4.30. The molecule has 0 unspecified atom stereocenters. The van der Waals surface area contributed by atoms with Gasteiger partial charge in [-0.05, 0) is 12.1 Å². The first kappa shape index (κ1) is 9.67. The second-order valence-corrected chi connectivity index (χ2v) is 4.30. The normalized spacial score (nSPS) is 16.6. The Labute approximate surface area is 89.6 Å². The Morgan fingerprint density at radius 1 is 1.27 bits per heavy atom. The third-order valence-electron chi connectivity index (χ3n) is 2.44. The molecule has 0 saturated carbocycles. The van der Waals surface area contributed by atoms with Crippen molar-refractivity contribution in [1.82, 2.24) is 4.98 Å². The largest absolute Gasteiger partial charge is 0.255 e. The number of hydrogen-bond donors (Lipinski definition) is 0. The topological polar surface area (TPSA) is 36.7 Å². The predicted molar refractivity (Wildman–Crippen MR) is 60.8 cm³/mol. The molecule has 1 aliphatic carbocycles. The highest BCUT2D eigenvalue weighted by Crippen LogP contribution is 2.26. The molecule has 2 nitrogen and oxygen atoms in total. The molecule has 0 N–H and O–H groups in total. The first-order valence-electron chi connectivity index (χ1n) is 4.89. The smallest absolute Gasteiger partial charge is 0.101 e. The van der Waals surface area contributed by atoms with Crippen molar-refractivity contribution in [2.75, 3.05) is 0 Å². The summed E-state index contributed by atoms with van der Waals surface area (Å²) in [4.78, 5) is 4.26. The fraction of sp³-hybridized carbons (Fsp3) is 0.231. The molecule has 74 valence electrons. The van der Waals surface area contributed by atoms with Gasteiger partial charge in [0.1, 0.15) is 6.07 Å². The number of rotatable bonds is 0. The Balaban J connectivity index is 2.55. The molecule has 0 amide bonds. The van der Waals surface area contributed by atoms with Gasteiger partial charge >= 0.3 is 0 Å². The van der Waals surface area contributed by atoms with E-state index in [1.54, 1.807) is 6.20 Å². The lowest BCUT2D eigenvalue weighted by Gasteiger charge is -2.11. The molecular weight excluding hydrogens is 184 g/mol. The van der Waals surface area contributed by atoms with Gasteiger partial charge in [-0.25, -0.2) is 0 Å². The molecule has 0 aliphatic heterocycles. The molecule has 0 atom stereocenters. The van der Waals surface area contributed by atoms with Gasteiger partial charge in [0, 0.05) is 17.2 Å². The summed E-state index contributed by atoms with van der Waals surface area (Å²) in [6.45, 7) is 4.27. The quantitative estimate of drug-likeness (QED) is 0.639. The van der Waals surface area contributed by atoms with Gasteiger partial charge in [-0.15, -0.1) is 0 Å². The number of hydrogen-bond acceptors (Lipinski definition) is 2. The molecule has 1 aromatic rings. The van der Waals surface area contributed by atoms with Gasteiger partial charge < -0.3 is 0 Å². The molecular formula is C13H12N2. The standard InChI is InChI=1S/C13H12N2/c1-13(2)5-3-11-7-10(8-14)9-15-12(11)4-6-13/h3-7,9H,1-2H3.